The standard InChI is InChI=1S/C11H21N3/c1-3-14(4-2)9-8-13-11(10-12)6-5-7-11/h13H,3-9H2,1-2H3. The molecule has 1 saturated carbocycles. The zero-order chi connectivity index (χ0) is 10.4. The summed E-state index contributed by atoms with van der Waals surface area (Å²) in [5.74, 6) is 0. The van der Waals surface area contributed by atoms with Crippen LogP contribution in [0.5, 0.6) is 0 Å². The second kappa shape index (κ2) is 5.33. The fourth-order valence-corrected chi connectivity index (χ4v) is 1.85. The molecule has 1 rings (SSSR count). The van der Waals surface area contributed by atoms with Crippen LogP contribution in [-0.4, -0.2) is 36.6 Å². The minimum Gasteiger partial charge on any atom is -0.303 e. The highest BCUT2D eigenvalue weighted by Gasteiger charge is 2.36. The van der Waals surface area contributed by atoms with Gasteiger partial charge >= 0.3 is 0 Å². The highest BCUT2D eigenvalue weighted by Crippen LogP contribution is 2.30. The predicted octanol–water partition coefficient (Wildman–Crippen LogP) is 1.36. The van der Waals surface area contributed by atoms with E-state index in [1.807, 2.05) is 0 Å². The van der Waals surface area contributed by atoms with Gasteiger partial charge in [0.15, 0.2) is 0 Å². The van der Waals surface area contributed by atoms with Crippen LogP contribution in [0.4, 0.5) is 0 Å². The van der Waals surface area contributed by atoms with Crippen molar-refractivity contribution in [2.45, 2.75) is 38.6 Å². The van der Waals surface area contributed by atoms with Crippen molar-refractivity contribution in [1.29, 1.82) is 5.26 Å². The Morgan fingerprint density at radius 1 is 1.36 bits per heavy atom. The fraction of sp³-hybridized carbons (Fsp3) is 0.909. The molecule has 3 heteroatoms. The number of nitrogens with one attached hydrogen (secondary N) is 1. The second-order valence-electron chi connectivity index (χ2n) is 4.00. The van der Waals surface area contributed by atoms with Gasteiger partial charge in [-0.1, -0.05) is 13.8 Å². The molecule has 1 aliphatic carbocycles. The lowest BCUT2D eigenvalue weighted by Crippen LogP contribution is -2.51. The van der Waals surface area contributed by atoms with Crippen LogP contribution in [0, 0.1) is 11.3 Å². The molecule has 80 valence electrons. The van der Waals surface area contributed by atoms with Gasteiger partial charge in [0.25, 0.3) is 0 Å². The molecule has 0 unspecified atom stereocenters. The highest BCUT2D eigenvalue weighted by atomic mass is 15.1. The maximum absolute atomic E-state index is 8.99. The summed E-state index contributed by atoms with van der Waals surface area (Å²) in [4.78, 5) is 2.37. The van der Waals surface area contributed by atoms with Crippen molar-refractivity contribution in [3.05, 3.63) is 0 Å². The minimum atomic E-state index is -0.173. The number of nitriles is 1. The molecule has 0 aromatic rings. The first-order valence-electron chi connectivity index (χ1n) is 5.65. The van der Waals surface area contributed by atoms with E-state index in [-0.39, 0.29) is 5.54 Å². The molecule has 1 N–H and O–H groups in total. The van der Waals surface area contributed by atoms with Crippen molar-refractivity contribution in [2.24, 2.45) is 0 Å². The average Bonchev–Trinajstić information content (AvgIpc) is 2.16. The van der Waals surface area contributed by atoms with Crippen LogP contribution in [-0.2, 0) is 0 Å². The van der Waals surface area contributed by atoms with Crippen molar-refractivity contribution in [2.75, 3.05) is 26.2 Å². The Balaban J connectivity index is 2.17. The second-order valence-corrected chi connectivity index (χ2v) is 4.00. The summed E-state index contributed by atoms with van der Waals surface area (Å²) >= 11 is 0. The molecule has 3 nitrogen and oxygen atoms in total. The lowest BCUT2D eigenvalue weighted by molar-refractivity contribution is 0.230. The summed E-state index contributed by atoms with van der Waals surface area (Å²) in [6.07, 6.45) is 3.26. The summed E-state index contributed by atoms with van der Waals surface area (Å²) in [5.41, 5.74) is -0.173. The van der Waals surface area contributed by atoms with Crippen LogP contribution in [0.2, 0.25) is 0 Å². The summed E-state index contributed by atoms with van der Waals surface area (Å²) in [6, 6.07) is 2.40. The lowest BCUT2D eigenvalue weighted by Gasteiger charge is -2.36. The fourth-order valence-electron chi connectivity index (χ4n) is 1.85. The first-order valence-corrected chi connectivity index (χ1v) is 5.65. The van der Waals surface area contributed by atoms with Crippen LogP contribution in [0.1, 0.15) is 33.1 Å². The van der Waals surface area contributed by atoms with E-state index in [0.29, 0.717) is 0 Å². The summed E-state index contributed by atoms with van der Waals surface area (Å²) in [5, 5.41) is 12.4. The number of rotatable bonds is 6. The molecule has 1 aliphatic rings. The third-order valence-electron chi connectivity index (χ3n) is 3.21. The van der Waals surface area contributed by atoms with E-state index in [1.165, 1.54) is 6.42 Å². The summed E-state index contributed by atoms with van der Waals surface area (Å²) in [6.45, 7) is 8.53. The Kier molecular flexibility index (Phi) is 4.37. The van der Waals surface area contributed by atoms with E-state index in [2.05, 4.69) is 30.1 Å². The molecule has 0 spiro atoms. The van der Waals surface area contributed by atoms with Gasteiger partial charge in [0.1, 0.15) is 5.54 Å². The SMILES string of the molecule is CCN(CC)CCNC1(C#N)CCC1. The van der Waals surface area contributed by atoms with Gasteiger partial charge in [0.05, 0.1) is 6.07 Å². The normalized spacial score (nSPS) is 19.0. The molecule has 0 aromatic carbocycles. The maximum atomic E-state index is 8.99. The van der Waals surface area contributed by atoms with Crippen LogP contribution >= 0.6 is 0 Å². The van der Waals surface area contributed by atoms with Crippen molar-refractivity contribution in [3.8, 4) is 6.07 Å². The van der Waals surface area contributed by atoms with Gasteiger partial charge in [-0.25, -0.2) is 0 Å². The Bertz CT molecular complexity index is 199. The quantitative estimate of drug-likeness (QED) is 0.695. The number of nitrogens with zero attached hydrogens (tertiary/aromatic N) is 2. The number of hydrogen-bond acceptors (Lipinski definition) is 3. The van der Waals surface area contributed by atoms with Crippen LogP contribution in [0.3, 0.4) is 0 Å². The number of likely N-dealkylation sites (N-methyl/N-ethyl adjacent to an activating group) is 1. The van der Waals surface area contributed by atoms with E-state index in [1.54, 1.807) is 0 Å². The third kappa shape index (κ3) is 2.70. The van der Waals surface area contributed by atoms with Crippen molar-refractivity contribution in [3.63, 3.8) is 0 Å². The van der Waals surface area contributed by atoms with E-state index in [0.717, 1.165) is 39.0 Å². The van der Waals surface area contributed by atoms with Crippen LogP contribution in [0.15, 0.2) is 0 Å². The molecule has 0 saturated heterocycles. The molecule has 0 radical (unpaired) electrons. The predicted molar refractivity (Wildman–Crippen MR) is 58.0 cm³/mol. The minimum absolute atomic E-state index is 0.173. The Morgan fingerprint density at radius 2 is 2.00 bits per heavy atom. The monoisotopic (exact) mass is 195 g/mol. The summed E-state index contributed by atoms with van der Waals surface area (Å²) in [7, 11) is 0. The maximum Gasteiger partial charge on any atom is 0.106 e. The van der Waals surface area contributed by atoms with Crippen LogP contribution < -0.4 is 5.32 Å². The van der Waals surface area contributed by atoms with Gasteiger partial charge in [-0.2, -0.15) is 5.26 Å². The van der Waals surface area contributed by atoms with Crippen molar-refractivity contribution >= 4 is 0 Å². The molecule has 0 atom stereocenters. The molecule has 1 fully saturated rings. The van der Waals surface area contributed by atoms with E-state index in [9.17, 15) is 0 Å². The van der Waals surface area contributed by atoms with Gasteiger partial charge in [0, 0.05) is 13.1 Å². The molecule has 0 amide bonds. The molecule has 0 heterocycles. The largest absolute Gasteiger partial charge is 0.303 e. The van der Waals surface area contributed by atoms with Gasteiger partial charge in [-0.3, -0.25) is 5.32 Å². The molecular formula is C11H21N3. The first-order chi connectivity index (χ1) is 6.76. The van der Waals surface area contributed by atoms with Gasteiger partial charge in [-0.05, 0) is 32.4 Å². The van der Waals surface area contributed by atoms with Crippen molar-refractivity contribution in [1.82, 2.24) is 10.2 Å². The van der Waals surface area contributed by atoms with Crippen LogP contribution in [0.25, 0.3) is 0 Å². The topological polar surface area (TPSA) is 39.1 Å². The molecule has 14 heavy (non-hydrogen) atoms. The van der Waals surface area contributed by atoms with Gasteiger partial charge < -0.3 is 4.90 Å². The molecule has 0 aliphatic heterocycles. The molecule has 0 bridgehead atoms. The Hall–Kier alpha value is -0.590. The molecule has 0 aromatic heterocycles. The van der Waals surface area contributed by atoms with Crippen molar-refractivity contribution < 1.29 is 0 Å². The summed E-state index contributed by atoms with van der Waals surface area (Å²) < 4.78 is 0. The zero-order valence-corrected chi connectivity index (χ0v) is 9.34. The lowest BCUT2D eigenvalue weighted by atomic mass is 9.78. The van der Waals surface area contributed by atoms with E-state index in [4.69, 9.17) is 5.26 Å². The van der Waals surface area contributed by atoms with E-state index >= 15 is 0 Å². The molecular weight excluding hydrogens is 174 g/mol. The van der Waals surface area contributed by atoms with Gasteiger partial charge in [0.2, 0.25) is 0 Å². The van der Waals surface area contributed by atoms with E-state index < -0.39 is 0 Å². The smallest absolute Gasteiger partial charge is 0.106 e. The highest BCUT2D eigenvalue weighted by molar-refractivity contribution is 5.12. The number of hydrogen-bond donors (Lipinski definition) is 1. The van der Waals surface area contributed by atoms with Gasteiger partial charge in [-0.15, -0.1) is 0 Å². The Labute approximate surface area is 87.1 Å². The zero-order valence-electron chi connectivity index (χ0n) is 9.34. The Morgan fingerprint density at radius 3 is 2.36 bits per heavy atom. The average molecular weight is 195 g/mol. The first kappa shape index (κ1) is 11.5. The third-order valence-corrected chi connectivity index (χ3v) is 3.21.